The molecule has 0 radical (unpaired) electrons. The van der Waals surface area contributed by atoms with Gasteiger partial charge in [0.1, 0.15) is 11.8 Å². The van der Waals surface area contributed by atoms with E-state index in [1.807, 2.05) is 17.9 Å². The van der Waals surface area contributed by atoms with Crippen molar-refractivity contribution in [2.45, 2.75) is 19.5 Å². The van der Waals surface area contributed by atoms with Crippen molar-refractivity contribution in [1.29, 1.82) is 0 Å². The molecule has 0 saturated carbocycles. The first-order chi connectivity index (χ1) is 8.61. The maximum Gasteiger partial charge on any atom is 0.249 e. The van der Waals surface area contributed by atoms with Gasteiger partial charge in [-0.25, -0.2) is 4.99 Å². The van der Waals surface area contributed by atoms with Gasteiger partial charge in [0.25, 0.3) is 0 Å². The summed E-state index contributed by atoms with van der Waals surface area (Å²) in [5.41, 5.74) is 1.67. The van der Waals surface area contributed by atoms with Crippen LogP contribution in [0.5, 0.6) is 5.75 Å². The molecule has 6 heteroatoms. The van der Waals surface area contributed by atoms with Crippen molar-refractivity contribution in [3.8, 4) is 5.75 Å². The van der Waals surface area contributed by atoms with Crippen molar-refractivity contribution < 1.29 is 9.53 Å². The number of methoxy groups -OCH3 is 1. The molecule has 3 rings (SSSR count). The standard InChI is InChI=1S/C12H12ClN3O2/c1-6-11(17)15-12-14-8-3-4-9(18-2)10(13)7(8)5-16(6)12/h3-4,6H,5H2,1-2H3,(H,14,15,17). The Hall–Kier alpha value is -1.75. The molecule has 1 aromatic carbocycles. The van der Waals surface area contributed by atoms with Crippen LogP contribution in [0, 0.1) is 0 Å². The summed E-state index contributed by atoms with van der Waals surface area (Å²) >= 11 is 6.28. The lowest BCUT2D eigenvalue weighted by atomic mass is 10.1. The van der Waals surface area contributed by atoms with Gasteiger partial charge in [0.15, 0.2) is 0 Å². The van der Waals surface area contributed by atoms with Gasteiger partial charge in [-0.1, -0.05) is 11.6 Å². The summed E-state index contributed by atoms with van der Waals surface area (Å²) in [5, 5.41) is 3.32. The lowest BCUT2D eigenvalue weighted by molar-refractivity contribution is -0.121. The zero-order valence-corrected chi connectivity index (χ0v) is 10.8. The number of hydrogen-bond acceptors (Lipinski definition) is 4. The van der Waals surface area contributed by atoms with Crippen molar-refractivity contribution in [2.24, 2.45) is 4.99 Å². The van der Waals surface area contributed by atoms with E-state index in [0.717, 1.165) is 11.3 Å². The number of nitrogens with one attached hydrogen (secondary N) is 1. The van der Waals surface area contributed by atoms with E-state index in [1.54, 1.807) is 13.2 Å². The largest absolute Gasteiger partial charge is 0.495 e. The van der Waals surface area contributed by atoms with Crippen molar-refractivity contribution >= 4 is 29.2 Å². The van der Waals surface area contributed by atoms with Gasteiger partial charge >= 0.3 is 0 Å². The van der Waals surface area contributed by atoms with Crippen LogP contribution in [0.15, 0.2) is 17.1 Å². The summed E-state index contributed by atoms with van der Waals surface area (Å²) in [6.07, 6.45) is 0. The lowest BCUT2D eigenvalue weighted by Gasteiger charge is -2.27. The van der Waals surface area contributed by atoms with Gasteiger partial charge < -0.3 is 9.64 Å². The molecule has 1 atom stereocenters. The summed E-state index contributed by atoms with van der Waals surface area (Å²) in [6.45, 7) is 2.40. The number of amides is 1. The number of hydrogen-bond donors (Lipinski definition) is 1. The van der Waals surface area contributed by atoms with Crippen molar-refractivity contribution in [3.05, 3.63) is 22.7 Å². The first-order valence-corrected chi connectivity index (χ1v) is 6.01. The van der Waals surface area contributed by atoms with Crippen LogP contribution in [-0.2, 0) is 11.3 Å². The smallest absolute Gasteiger partial charge is 0.249 e. The van der Waals surface area contributed by atoms with Crippen LogP contribution in [0.3, 0.4) is 0 Å². The number of halogens is 1. The Balaban J connectivity index is 2.09. The first kappa shape index (κ1) is 11.3. The molecule has 0 bridgehead atoms. The second-order valence-electron chi connectivity index (χ2n) is 4.31. The second-order valence-corrected chi connectivity index (χ2v) is 4.69. The van der Waals surface area contributed by atoms with Crippen molar-refractivity contribution in [2.75, 3.05) is 7.11 Å². The summed E-state index contributed by atoms with van der Waals surface area (Å²) in [5.74, 6) is 1.19. The Kier molecular flexibility index (Phi) is 2.45. The molecular weight excluding hydrogens is 254 g/mol. The van der Waals surface area contributed by atoms with E-state index in [4.69, 9.17) is 16.3 Å². The molecule has 0 aromatic heterocycles. The van der Waals surface area contributed by atoms with Crippen LogP contribution < -0.4 is 10.1 Å². The van der Waals surface area contributed by atoms with E-state index in [9.17, 15) is 4.79 Å². The van der Waals surface area contributed by atoms with Crippen LogP contribution in [0.1, 0.15) is 12.5 Å². The van der Waals surface area contributed by atoms with Gasteiger partial charge in [0.05, 0.1) is 24.4 Å². The topological polar surface area (TPSA) is 53.9 Å². The minimum absolute atomic E-state index is 0.0374. The van der Waals surface area contributed by atoms with Crippen LogP contribution in [0.2, 0.25) is 5.02 Å². The molecule has 2 heterocycles. The van der Waals surface area contributed by atoms with E-state index in [0.29, 0.717) is 23.3 Å². The highest BCUT2D eigenvalue weighted by Crippen LogP contribution is 2.38. The van der Waals surface area contributed by atoms with E-state index >= 15 is 0 Å². The normalized spacial score (nSPS) is 21.1. The Bertz CT molecular complexity index is 571. The molecule has 18 heavy (non-hydrogen) atoms. The van der Waals surface area contributed by atoms with Crippen LogP contribution in [0.4, 0.5) is 5.69 Å². The molecule has 2 aliphatic rings. The zero-order chi connectivity index (χ0) is 12.9. The molecular formula is C12H12ClN3O2. The number of benzene rings is 1. The van der Waals surface area contributed by atoms with Gasteiger partial charge in [-0.3, -0.25) is 10.1 Å². The summed E-state index contributed by atoms with van der Waals surface area (Å²) in [4.78, 5) is 17.9. The fraction of sp³-hybridized carbons (Fsp3) is 0.333. The number of fused-ring (bicyclic) bond motifs is 2. The minimum Gasteiger partial charge on any atom is -0.495 e. The number of nitrogens with zero attached hydrogens (tertiary/aromatic N) is 2. The fourth-order valence-corrected chi connectivity index (χ4v) is 2.50. The molecule has 1 fully saturated rings. The molecule has 1 aromatic rings. The van der Waals surface area contributed by atoms with Crippen LogP contribution >= 0.6 is 11.6 Å². The zero-order valence-electron chi connectivity index (χ0n) is 10.0. The predicted molar refractivity (Wildman–Crippen MR) is 68.2 cm³/mol. The third-order valence-electron chi connectivity index (χ3n) is 3.31. The van der Waals surface area contributed by atoms with Gasteiger partial charge in [0.2, 0.25) is 11.9 Å². The quantitative estimate of drug-likeness (QED) is 0.840. The van der Waals surface area contributed by atoms with Gasteiger partial charge in [-0.2, -0.15) is 0 Å². The van der Waals surface area contributed by atoms with E-state index in [2.05, 4.69) is 10.3 Å². The van der Waals surface area contributed by atoms with E-state index in [1.165, 1.54) is 0 Å². The van der Waals surface area contributed by atoms with Crippen LogP contribution in [-0.4, -0.2) is 29.9 Å². The molecule has 94 valence electrons. The van der Waals surface area contributed by atoms with Crippen molar-refractivity contribution in [3.63, 3.8) is 0 Å². The maximum absolute atomic E-state index is 11.6. The van der Waals surface area contributed by atoms with Crippen molar-refractivity contribution in [1.82, 2.24) is 10.2 Å². The average molecular weight is 266 g/mol. The van der Waals surface area contributed by atoms with Crippen LogP contribution in [0.25, 0.3) is 0 Å². The summed E-state index contributed by atoms with van der Waals surface area (Å²) in [6, 6.07) is 3.40. The molecule has 1 N–H and O–H groups in total. The van der Waals surface area contributed by atoms with E-state index < -0.39 is 0 Å². The Morgan fingerprint density at radius 2 is 2.33 bits per heavy atom. The first-order valence-electron chi connectivity index (χ1n) is 5.63. The minimum atomic E-state index is -0.223. The highest BCUT2D eigenvalue weighted by Gasteiger charge is 2.36. The molecule has 1 unspecified atom stereocenters. The number of aliphatic imine (C=N–C) groups is 1. The average Bonchev–Trinajstić information content (AvgIpc) is 2.64. The number of rotatable bonds is 1. The number of carbonyl (C=O) groups excluding carboxylic acids is 1. The highest BCUT2D eigenvalue weighted by molar-refractivity contribution is 6.33. The molecule has 0 aliphatic carbocycles. The van der Waals surface area contributed by atoms with E-state index in [-0.39, 0.29) is 11.9 Å². The molecule has 1 amide bonds. The van der Waals surface area contributed by atoms with Gasteiger partial charge in [0, 0.05) is 5.56 Å². The number of guanidine groups is 1. The molecule has 1 saturated heterocycles. The SMILES string of the molecule is COc1ccc2c(c1Cl)CN1C(=N2)NC(=O)C1C. The molecule has 0 spiro atoms. The highest BCUT2D eigenvalue weighted by atomic mass is 35.5. The fourth-order valence-electron chi connectivity index (χ4n) is 2.20. The maximum atomic E-state index is 11.6. The Labute approximate surface area is 109 Å². The third-order valence-corrected chi connectivity index (χ3v) is 3.73. The Morgan fingerprint density at radius 1 is 1.56 bits per heavy atom. The van der Waals surface area contributed by atoms with Gasteiger partial charge in [-0.05, 0) is 19.1 Å². The Morgan fingerprint density at radius 3 is 3.06 bits per heavy atom. The number of carbonyl (C=O) groups is 1. The molecule has 2 aliphatic heterocycles. The number of ether oxygens (including phenoxy) is 1. The summed E-state index contributed by atoms with van der Waals surface area (Å²) < 4.78 is 5.19. The second kappa shape index (κ2) is 3.88. The predicted octanol–water partition coefficient (Wildman–Crippen LogP) is 1.67. The summed E-state index contributed by atoms with van der Waals surface area (Å²) in [7, 11) is 1.58. The lowest BCUT2D eigenvalue weighted by Crippen LogP contribution is -2.35. The third kappa shape index (κ3) is 1.47. The monoisotopic (exact) mass is 265 g/mol. The molecule has 5 nitrogen and oxygen atoms in total. The van der Waals surface area contributed by atoms with Gasteiger partial charge in [-0.15, -0.1) is 0 Å².